The zero-order chi connectivity index (χ0) is 27.4. The van der Waals surface area contributed by atoms with Crippen LogP contribution in [0.5, 0.6) is 11.5 Å². The molecule has 200 valence electrons. The maximum absolute atomic E-state index is 13.3. The molecule has 2 heterocycles. The standard InChI is InChI=1S/C26H20F3N5O4S/c27-26(28,29)17-8-4-5-9-18(17)30-24(36)31-19(12-15-6-2-1-3-7-15)22(35)32-25-34-33-23(39-25)16-10-11-20-21(13-16)38-14-37-20/h1-11,13,19H,12,14H2,(H2,30,31,36)(H,32,34,35). The van der Waals surface area contributed by atoms with Crippen molar-refractivity contribution in [1.82, 2.24) is 15.5 Å². The van der Waals surface area contributed by atoms with Crippen LogP contribution in [0.4, 0.5) is 28.8 Å². The highest BCUT2D eigenvalue weighted by molar-refractivity contribution is 7.18. The molecular formula is C26H20F3N5O4S. The number of nitrogens with one attached hydrogen (secondary N) is 3. The number of aromatic nitrogens is 2. The molecule has 0 fully saturated rings. The van der Waals surface area contributed by atoms with Crippen LogP contribution in [-0.2, 0) is 17.4 Å². The Labute approximate surface area is 224 Å². The third kappa shape index (κ3) is 6.26. The van der Waals surface area contributed by atoms with E-state index in [9.17, 15) is 22.8 Å². The van der Waals surface area contributed by atoms with Crippen LogP contribution < -0.4 is 25.4 Å². The number of para-hydroxylation sites is 1. The van der Waals surface area contributed by atoms with E-state index in [0.29, 0.717) is 22.1 Å². The second-order valence-electron chi connectivity index (χ2n) is 8.35. The monoisotopic (exact) mass is 555 g/mol. The molecule has 1 aliphatic heterocycles. The molecule has 0 saturated heterocycles. The maximum Gasteiger partial charge on any atom is 0.418 e. The molecule has 9 nitrogen and oxygen atoms in total. The third-order valence-electron chi connectivity index (χ3n) is 5.66. The summed E-state index contributed by atoms with van der Waals surface area (Å²) in [6, 6.07) is 16.6. The predicted octanol–water partition coefficient (Wildman–Crippen LogP) is 5.32. The number of nitrogens with zero attached hydrogens (tertiary/aromatic N) is 2. The fourth-order valence-electron chi connectivity index (χ4n) is 3.83. The number of anilines is 2. The molecule has 3 aromatic carbocycles. The van der Waals surface area contributed by atoms with Gasteiger partial charge in [-0.15, -0.1) is 10.2 Å². The molecule has 0 radical (unpaired) electrons. The van der Waals surface area contributed by atoms with Gasteiger partial charge in [-0.05, 0) is 35.9 Å². The lowest BCUT2D eigenvalue weighted by atomic mass is 10.1. The van der Waals surface area contributed by atoms with Crippen molar-refractivity contribution in [2.24, 2.45) is 0 Å². The number of benzene rings is 3. The molecule has 3 amide bonds. The van der Waals surface area contributed by atoms with Gasteiger partial charge >= 0.3 is 12.2 Å². The van der Waals surface area contributed by atoms with E-state index in [1.807, 2.05) is 0 Å². The summed E-state index contributed by atoms with van der Waals surface area (Å²) in [6.07, 6.45) is -4.59. The first-order chi connectivity index (χ1) is 18.8. The molecule has 13 heteroatoms. The number of hydrogen-bond donors (Lipinski definition) is 3. The highest BCUT2D eigenvalue weighted by Crippen LogP contribution is 2.37. The number of alkyl halides is 3. The first-order valence-electron chi connectivity index (χ1n) is 11.6. The van der Waals surface area contributed by atoms with Gasteiger partial charge in [0.2, 0.25) is 17.8 Å². The van der Waals surface area contributed by atoms with E-state index < -0.39 is 35.4 Å². The van der Waals surface area contributed by atoms with Crippen LogP contribution in [0.25, 0.3) is 10.6 Å². The van der Waals surface area contributed by atoms with Gasteiger partial charge in [-0.25, -0.2) is 4.79 Å². The van der Waals surface area contributed by atoms with Crippen molar-refractivity contribution in [3.63, 3.8) is 0 Å². The summed E-state index contributed by atoms with van der Waals surface area (Å²) in [7, 11) is 0. The Kier molecular flexibility index (Phi) is 7.32. The summed E-state index contributed by atoms with van der Waals surface area (Å²) in [5.74, 6) is 0.563. The minimum absolute atomic E-state index is 0.0782. The van der Waals surface area contributed by atoms with E-state index in [2.05, 4.69) is 26.1 Å². The number of hydrogen-bond acceptors (Lipinski definition) is 7. The van der Waals surface area contributed by atoms with Crippen molar-refractivity contribution in [2.75, 3.05) is 17.4 Å². The van der Waals surface area contributed by atoms with Crippen molar-refractivity contribution < 1.29 is 32.2 Å². The first kappa shape index (κ1) is 26.0. The van der Waals surface area contributed by atoms with Gasteiger partial charge in [-0.3, -0.25) is 10.1 Å². The second-order valence-corrected chi connectivity index (χ2v) is 9.33. The van der Waals surface area contributed by atoms with Gasteiger partial charge < -0.3 is 20.1 Å². The van der Waals surface area contributed by atoms with Crippen LogP contribution in [0.2, 0.25) is 0 Å². The molecule has 1 unspecified atom stereocenters. The minimum atomic E-state index is -4.67. The average Bonchev–Trinajstić information content (AvgIpc) is 3.58. The molecule has 5 rings (SSSR count). The van der Waals surface area contributed by atoms with Crippen LogP contribution in [0.3, 0.4) is 0 Å². The third-order valence-corrected chi connectivity index (χ3v) is 6.55. The van der Waals surface area contributed by atoms with Gasteiger partial charge in [0.25, 0.3) is 0 Å². The van der Waals surface area contributed by atoms with Gasteiger partial charge in [0.1, 0.15) is 11.0 Å². The van der Waals surface area contributed by atoms with E-state index >= 15 is 0 Å². The minimum Gasteiger partial charge on any atom is -0.454 e. The van der Waals surface area contributed by atoms with E-state index in [1.165, 1.54) is 12.1 Å². The fourth-order valence-corrected chi connectivity index (χ4v) is 4.57. The summed E-state index contributed by atoms with van der Waals surface area (Å²) < 4.78 is 50.7. The number of amides is 3. The topological polar surface area (TPSA) is 114 Å². The Morgan fingerprint density at radius 3 is 2.46 bits per heavy atom. The Hall–Kier alpha value is -4.65. The summed E-state index contributed by atoms with van der Waals surface area (Å²) >= 11 is 1.11. The fraction of sp³-hybridized carbons (Fsp3) is 0.154. The van der Waals surface area contributed by atoms with Crippen molar-refractivity contribution in [1.29, 1.82) is 0 Å². The molecule has 1 aliphatic rings. The molecule has 39 heavy (non-hydrogen) atoms. The zero-order valence-corrected chi connectivity index (χ0v) is 20.8. The quantitative estimate of drug-likeness (QED) is 0.284. The second kappa shape index (κ2) is 11.0. The number of halogens is 3. The SMILES string of the molecule is O=C(Nc1ccccc1C(F)(F)F)NC(Cc1ccccc1)C(=O)Nc1nnc(-c2ccc3c(c2)OCO3)s1. The smallest absolute Gasteiger partial charge is 0.418 e. The van der Waals surface area contributed by atoms with Crippen molar-refractivity contribution >= 4 is 34.1 Å². The number of carbonyl (C=O) groups is 2. The summed E-state index contributed by atoms with van der Waals surface area (Å²) in [6.45, 7) is 0.126. The van der Waals surface area contributed by atoms with Gasteiger partial charge in [0, 0.05) is 12.0 Å². The molecule has 0 bridgehead atoms. The lowest BCUT2D eigenvalue weighted by Crippen LogP contribution is -2.47. The zero-order valence-electron chi connectivity index (χ0n) is 20.0. The lowest BCUT2D eigenvalue weighted by Gasteiger charge is -2.19. The van der Waals surface area contributed by atoms with Crippen LogP contribution in [0, 0.1) is 0 Å². The number of fused-ring (bicyclic) bond motifs is 1. The Bertz CT molecular complexity index is 1500. The van der Waals surface area contributed by atoms with E-state index in [1.54, 1.807) is 48.5 Å². The number of rotatable bonds is 7. The van der Waals surface area contributed by atoms with Crippen LogP contribution >= 0.6 is 11.3 Å². The number of urea groups is 1. The van der Waals surface area contributed by atoms with Crippen molar-refractivity contribution in [2.45, 2.75) is 18.6 Å². The highest BCUT2D eigenvalue weighted by Gasteiger charge is 2.34. The number of carbonyl (C=O) groups excluding carboxylic acids is 2. The summed E-state index contributed by atoms with van der Waals surface area (Å²) in [4.78, 5) is 25.9. The van der Waals surface area contributed by atoms with Gasteiger partial charge in [-0.1, -0.05) is 53.8 Å². The molecule has 1 aromatic heterocycles. The lowest BCUT2D eigenvalue weighted by molar-refractivity contribution is -0.137. The predicted molar refractivity (Wildman–Crippen MR) is 138 cm³/mol. The molecule has 0 aliphatic carbocycles. The first-order valence-corrected chi connectivity index (χ1v) is 12.4. The maximum atomic E-state index is 13.3. The highest BCUT2D eigenvalue weighted by atomic mass is 32.1. The van der Waals surface area contributed by atoms with Gasteiger partial charge in [0.05, 0.1) is 11.3 Å². The summed E-state index contributed by atoms with van der Waals surface area (Å²) in [5, 5.41) is 16.1. The van der Waals surface area contributed by atoms with Gasteiger partial charge in [0.15, 0.2) is 11.5 Å². The van der Waals surface area contributed by atoms with E-state index in [-0.39, 0.29) is 18.3 Å². The Morgan fingerprint density at radius 2 is 1.67 bits per heavy atom. The van der Waals surface area contributed by atoms with Crippen molar-refractivity contribution in [3.05, 3.63) is 83.9 Å². The number of ether oxygens (including phenoxy) is 2. The summed E-state index contributed by atoms with van der Waals surface area (Å²) in [5.41, 5.74) is -0.00106. The van der Waals surface area contributed by atoms with Gasteiger partial charge in [-0.2, -0.15) is 13.2 Å². The van der Waals surface area contributed by atoms with E-state index in [4.69, 9.17) is 9.47 Å². The molecule has 0 spiro atoms. The van der Waals surface area contributed by atoms with E-state index in [0.717, 1.165) is 29.0 Å². The molecular weight excluding hydrogens is 535 g/mol. The Balaban J connectivity index is 1.31. The van der Waals surface area contributed by atoms with Crippen LogP contribution in [0.1, 0.15) is 11.1 Å². The van der Waals surface area contributed by atoms with Crippen molar-refractivity contribution in [3.8, 4) is 22.1 Å². The van der Waals surface area contributed by atoms with Crippen LogP contribution in [0.15, 0.2) is 72.8 Å². The Morgan fingerprint density at radius 1 is 0.923 bits per heavy atom. The normalized spacial score (nSPS) is 13.0. The molecule has 4 aromatic rings. The molecule has 1 atom stereocenters. The largest absolute Gasteiger partial charge is 0.454 e. The molecule has 0 saturated carbocycles. The van der Waals surface area contributed by atoms with Crippen LogP contribution in [-0.4, -0.2) is 35.0 Å². The average molecular weight is 556 g/mol. The molecule has 3 N–H and O–H groups in total.